The summed E-state index contributed by atoms with van der Waals surface area (Å²) in [6, 6.07) is 10.4. The first-order valence-electron chi connectivity index (χ1n) is 8.73. The third-order valence-electron chi connectivity index (χ3n) is 3.70. The van der Waals surface area contributed by atoms with Crippen molar-refractivity contribution in [1.29, 1.82) is 0 Å². The van der Waals surface area contributed by atoms with Gasteiger partial charge >= 0.3 is 0 Å². The van der Waals surface area contributed by atoms with E-state index in [0.717, 1.165) is 9.13 Å². The van der Waals surface area contributed by atoms with Crippen LogP contribution in [0.2, 0.25) is 0 Å². The maximum absolute atomic E-state index is 12.2. The van der Waals surface area contributed by atoms with Crippen LogP contribution in [0, 0.1) is 3.57 Å². The van der Waals surface area contributed by atoms with Crippen LogP contribution in [0.15, 0.2) is 41.5 Å². The third kappa shape index (κ3) is 6.34. The van der Waals surface area contributed by atoms with E-state index in [9.17, 15) is 9.59 Å². The average molecular weight is 511 g/mol. The van der Waals surface area contributed by atoms with E-state index in [4.69, 9.17) is 14.2 Å². The highest BCUT2D eigenvalue weighted by atomic mass is 127. The lowest BCUT2D eigenvalue weighted by Crippen LogP contribution is -2.35. The summed E-state index contributed by atoms with van der Waals surface area (Å²) in [5.41, 5.74) is 3.45. The lowest BCUT2D eigenvalue weighted by molar-refractivity contribution is -0.120. The largest absolute Gasteiger partial charge is 0.496 e. The van der Waals surface area contributed by atoms with Crippen molar-refractivity contribution in [3.05, 3.63) is 51.1 Å². The predicted octanol–water partition coefficient (Wildman–Crippen LogP) is 2.59. The van der Waals surface area contributed by atoms with Crippen LogP contribution in [-0.2, 0) is 4.79 Å². The quantitative estimate of drug-likeness (QED) is 0.307. The van der Waals surface area contributed by atoms with Gasteiger partial charge in [-0.15, -0.1) is 0 Å². The average Bonchev–Trinajstić information content (AvgIpc) is 2.73. The molecule has 0 heterocycles. The van der Waals surface area contributed by atoms with Crippen LogP contribution in [0.25, 0.3) is 0 Å². The highest BCUT2D eigenvalue weighted by Gasteiger charge is 2.13. The number of benzene rings is 2. The Morgan fingerprint density at radius 2 is 1.86 bits per heavy atom. The lowest BCUT2D eigenvalue weighted by Gasteiger charge is -2.12. The minimum absolute atomic E-state index is 0.224. The van der Waals surface area contributed by atoms with E-state index >= 15 is 0 Å². The van der Waals surface area contributed by atoms with Crippen LogP contribution in [-0.4, -0.2) is 45.4 Å². The Morgan fingerprint density at radius 3 is 2.55 bits per heavy atom. The van der Waals surface area contributed by atoms with Crippen LogP contribution < -0.4 is 25.0 Å². The second-order valence-electron chi connectivity index (χ2n) is 5.64. The molecule has 0 aromatic heterocycles. The van der Waals surface area contributed by atoms with Gasteiger partial charge in [0.2, 0.25) is 0 Å². The molecule has 0 saturated carbocycles. The van der Waals surface area contributed by atoms with Crippen molar-refractivity contribution < 1.29 is 23.8 Å². The Labute approximate surface area is 182 Å². The summed E-state index contributed by atoms with van der Waals surface area (Å²) in [7, 11) is 3.03. The molecular weight excluding hydrogens is 489 g/mol. The Balaban J connectivity index is 1.93. The monoisotopic (exact) mass is 511 g/mol. The standard InChI is InChI=1S/C20H22IN3O5/c1-4-29-19-15(21)9-13(10-17(19)28-3)11-23-24-18(25)12-22-20(26)14-7-5-6-8-16(14)27-2/h5-11H,4,12H2,1-3H3,(H,22,26)(H,24,25). The summed E-state index contributed by atoms with van der Waals surface area (Å²) in [5.74, 6) is 0.804. The molecule has 8 nitrogen and oxygen atoms in total. The molecule has 0 spiro atoms. The lowest BCUT2D eigenvalue weighted by atomic mass is 10.2. The number of amides is 2. The molecule has 0 atom stereocenters. The summed E-state index contributed by atoms with van der Waals surface area (Å²) < 4.78 is 16.9. The Kier molecular flexibility index (Phi) is 8.71. The molecule has 0 radical (unpaired) electrons. The van der Waals surface area contributed by atoms with Crippen molar-refractivity contribution in [2.24, 2.45) is 5.10 Å². The van der Waals surface area contributed by atoms with E-state index in [1.54, 1.807) is 37.4 Å². The van der Waals surface area contributed by atoms with Crippen LogP contribution in [0.3, 0.4) is 0 Å². The molecule has 2 rings (SSSR count). The first-order valence-corrected chi connectivity index (χ1v) is 9.81. The van der Waals surface area contributed by atoms with Crippen molar-refractivity contribution in [1.82, 2.24) is 10.7 Å². The molecule has 2 aromatic rings. The number of carbonyl (C=O) groups is 2. The van der Waals surface area contributed by atoms with Gasteiger partial charge < -0.3 is 19.5 Å². The molecule has 0 aliphatic rings. The second-order valence-corrected chi connectivity index (χ2v) is 6.81. The fraction of sp³-hybridized carbons (Fsp3) is 0.250. The van der Waals surface area contributed by atoms with Crippen LogP contribution in [0.1, 0.15) is 22.8 Å². The molecule has 0 unspecified atom stereocenters. The Hall–Kier alpha value is -2.82. The SMILES string of the molecule is CCOc1c(I)cc(C=NNC(=O)CNC(=O)c2ccccc2OC)cc1OC. The number of methoxy groups -OCH3 is 2. The minimum Gasteiger partial charge on any atom is -0.496 e. The molecule has 154 valence electrons. The van der Waals surface area contributed by atoms with Gasteiger partial charge in [-0.25, -0.2) is 5.43 Å². The van der Waals surface area contributed by atoms with Gasteiger partial charge in [0, 0.05) is 0 Å². The first kappa shape index (κ1) is 22.5. The zero-order chi connectivity index (χ0) is 21.2. The number of nitrogens with zero attached hydrogens (tertiary/aromatic N) is 1. The summed E-state index contributed by atoms with van der Waals surface area (Å²) in [6.45, 7) is 2.20. The highest BCUT2D eigenvalue weighted by molar-refractivity contribution is 14.1. The summed E-state index contributed by atoms with van der Waals surface area (Å²) in [5, 5.41) is 6.45. The number of hydrogen-bond donors (Lipinski definition) is 2. The van der Waals surface area contributed by atoms with Crippen molar-refractivity contribution in [2.75, 3.05) is 27.4 Å². The molecule has 29 heavy (non-hydrogen) atoms. The predicted molar refractivity (Wildman–Crippen MR) is 118 cm³/mol. The van der Waals surface area contributed by atoms with Crippen LogP contribution >= 0.6 is 22.6 Å². The summed E-state index contributed by atoms with van der Waals surface area (Å²) in [4.78, 5) is 24.1. The van der Waals surface area contributed by atoms with Gasteiger partial charge in [0.15, 0.2) is 11.5 Å². The fourth-order valence-corrected chi connectivity index (χ4v) is 3.19. The van der Waals surface area contributed by atoms with Gasteiger partial charge in [0.1, 0.15) is 5.75 Å². The molecular formula is C20H22IN3O5. The molecule has 0 bridgehead atoms. The molecule has 2 aromatic carbocycles. The number of rotatable bonds is 9. The number of ether oxygens (including phenoxy) is 3. The number of hydrogen-bond acceptors (Lipinski definition) is 6. The third-order valence-corrected chi connectivity index (χ3v) is 4.51. The zero-order valence-corrected chi connectivity index (χ0v) is 18.5. The van der Waals surface area contributed by atoms with E-state index in [1.807, 2.05) is 13.0 Å². The second kappa shape index (κ2) is 11.2. The number of nitrogens with one attached hydrogen (secondary N) is 2. The molecule has 9 heteroatoms. The summed E-state index contributed by atoms with van der Waals surface area (Å²) in [6.07, 6.45) is 1.49. The molecule has 0 aliphatic carbocycles. The fourth-order valence-electron chi connectivity index (χ4n) is 2.41. The van der Waals surface area contributed by atoms with Crippen molar-refractivity contribution in [3.8, 4) is 17.2 Å². The van der Waals surface area contributed by atoms with Crippen molar-refractivity contribution in [3.63, 3.8) is 0 Å². The van der Waals surface area contributed by atoms with E-state index < -0.39 is 11.8 Å². The van der Waals surface area contributed by atoms with E-state index in [0.29, 0.717) is 29.4 Å². The number of hydrazone groups is 1. The smallest absolute Gasteiger partial charge is 0.259 e. The molecule has 2 amide bonds. The van der Waals surface area contributed by atoms with Crippen molar-refractivity contribution in [2.45, 2.75) is 6.92 Å². The highest BCUT2D eigenvalue weighted by Crippen LogP contribution is 2.33. The van der Waals surface area contributed by atoms with Crippen molar-refractivity contribution >= 4 is 40.6 Å². The topological polar surface area (TPSA) is 98.2 Å². The molecule has 0 saturated heterocycles. The van der Waals surface area contributed by atoms with Gasteiger partial charge in [0.25, 0.3) is 11.8 Å². The number of halogens is 1. The Morgan fingerprint density at radius 1 is 1.14 bits per heavy atom. The number of para-hydroxylation sites is 1. The Bertz CT molecular complexity index is 902. The first-order chi connectivity index (χ1) is 14.0. The van der Waals surface area contributed by atoms with E-state index in [-0.39, 0.29) is 6.54 Å². The summed E-state index contributed by atoms with van der Waals surface area (Å²) >= 11 is 2.14. The van der Waals surface area contributed by atoms with E-state index in [1.165, 1.54) is 13.3 Å². The van der Waals surface area contributed by atoms with Gasteiger partial charge in [0.05, 0.1) is 42.7 Å². The van der Waals surface area contributed by atoms with Gasteiger partial charge in [-0.1, -0.05) is 12.1 Å². The van der Waals surface area contributed by atoms with Crippen LogP contribution in [0.4, 0.5) is 0 Å². The van der Waals surface area contributed by atoms with Gasteiger partial charge in [-0.2, -0.15) is 5.10 Å². The number of carbonyl (C=O) groups excluding carboxylic acids is 2. The molecule has 0 fully saturated rings. The molecule has 2 N–H and O–H groups in total. The van der Waals surface area contributed by atoms with Crippen LogP contribution in [0.5, 0.6) is 17.2 Å². The molecule has 0 aliphatic heterocycles. The maximum atomic E-state index is 12.2. The minimum atomic E-state index is -0.461. The zero-order valence-electron chi connectivity index (χ0n) is 16.3. The van der Waals surface area contributed by atoms with Gasteiger partial charge in [-0.3, -0.25) is 9.59 Å². The maximum Gasteiger partial charge on any atom is 0.259 e. The normalized spacial score (nSPS) is 10.5. The van der Waals surface area contributed by atoms with Gasteiger partial charge in [-0.05, 0) is 59.3 Å². The van der Waals surface area contributed by atoms with E-state index in [2.05, 4.69) is 38.4 Å².